The van der Waals surface area contributed by atoms with Crippen molar-refractivity contribution in [1.82, 2.24) is 19.9 Å². The number of oxime groups is 1. The Morgan fingerprint density at radius 2 is 1.97 bits per heavy atom. The number of nitrogens with zero attached hydrogens (tertiary/aromatic N) is 4. The van der Waals surface area contributed by atoms with E-state index in [0.717, 1.165) is 4.57 Å². The van der Waals surface area contributed by atoms with Gasteiger partial charge in [-0.2, -0.15) is 18.2 Å². The van der Waals surface area contributed by atoms with Crippen LogP contribution in [0.25, 0.3) is 0 Å². The Kier molecular flexibility index (Phi) is 9.36. The van der Waals surface area contributed by atoms with Gasteiger partial charge in [-0.1, -0.05) is 6.07 Å². The van der Waals surface area contributed by atoms with Gasteiger partial charge in [-0.3, -0.25) is 19.1 Å². The molecule has 2 aromatic rings. The molecule has 0 saturated carbocycles. The van der Waals surface area contributed by atoms with E-state index in [2.05, 4.69) is 30.5 Å². The smallest absolute Gasteiger partial charge is 0.399 e. The number of rotatable bonds is 11. The highest BCUT2D eigenvalue weighted by Gasteiger charge is 2.42. The van der Waals surface area contributed by atoms with E-state index < -0.39 is 41.9 Å². The van der Waals surface area contributed by atoms with Gasteiger partial charge in [-0.05, 0) is 24.2 Å². The number of esters is 1. The van der Waals surface area contributed by atoms with Gasteiger partial charge >= 0.3 is 12.1 Å². The summed E-state index contributed by atoms with van der Waals surface area (Å²) in [4.78, 5) is 49.0. The molecule has 0 aliphatic rings. The number of aromatic nitrogens is 3. The average Bonchev–Trinajstić information content (AvgIpc) is 2.79. The lowest BCUT2D eigenvalue weighted by molar-refractivity contribution is -0.190. The lowest BCUT2D eigenvalue weighted by Crippen LogP contribution is -2.37. The van der Waals surface area contributed by atoms with Crippen LogP contribution in [-0.4, -0.2) is 58.2 Å². The molecule has 0 unspecified atom stereocenters. The number of hydrogen-bond acceptors (Lipinski definition) is 9. The number of alkyl halides is 3. The summed E-state index contributed by atoms with van der Waals surface area (Å²) in [6, 6.07) is 5.21. The van der Waals surface area contributed by atoms with Crippen molar-refractivity contribution in [2.75, 3.05) is 25.0 Å². The van der Waals surface area contributed by atoms with Crippen LogP contribution >= 0.6 is 0 Å². The molecule has 0 aliphatic carbocycles. The van der Waals surface area contributed by atoms with Crippen LogP contribution in [0.4, 0.5) is 19.0 Å². The lowest BCUT2D eigenvalue weighted by atomic mass is 10.3. The van der Waals surface area contributed by atoms with E-state index >= 15 is 0 Å². The van der Waals surface area contributed by atoms with Crippen molar-refractivity contribution in [2.24, 2.45) is 16.6 Å². The van der Waals surface area contributed by atoms with E-state index in [0.29, 0.717) is 12.1 Å². The number of carbonyl (C=O) groups excluding carboxylic acids is 2. The van der Waals surface area contributed by atoms with Crippen molar-refractivity contribution in [3.8, 4) is 5.88 Å². The Balaban J connectivity index is 2.22. The SMILES string of the molecule is Cc1c(OC(=O)C(F)(F)F)nc(NCCc2ccccn2)c(=O)n1CC(=O)NCCON=C(N)N. The van der Waals surface area contributed by atoms with Crippen LogP contribution in [0.15, 0.2) is 34.3 Å². The van der Waals surface area contributed by atoms with Crippen LogP contribution < -0.4 is 32.4 Å². The molecule has 0 spiro atoms. The highest BCUT2D eigenvalue weighted by molar-refractivity contribution is 5.78. The quantitative estimate of drug-likeness (QED) is 0.102. The minimum absolute atomic E-state index is 0.0421. The summed E-state index contributed by atoms with van der Waals surface area (Å²) in [6.45, 7) is 0.562. The van der Waals surface area contributed by atoms with Crippen LogP contribution in [0.1, 0.15) is 11.4 Å². The van der Waals surface area contributed by atoms with Gasteiger partial charge in [0, 0.05) is 24.9 Å². The molecular formula is C19H23F3N8O5. The van der Waals surface area contributed by atoms with E-state index in [1.807, 2.05) is 0 Å². The first-order chi connectivity index (χ1) is 16.5. The van der Waals surface area contributed by atoms with Gasteiger partial charge in [-0.25, -0.2) is 4.79 Å². The second-order valence-corrected chi connectivity index (χ2v) is 6.83. The number of halogens is 3. The van der Waals surface area contributed by atoms with Crippen LogP contribution in [0.5, 0.6) is 5.88 Å². The fourth-order valence-electron chi connectivity index (χ4n) is 2.58. The first-order valence-electron chi connectivity index (χ1n) is 10.0. The zero-order valence-corrected chi connectivity index (χ0v) is 18.5. The van der Waals surface area contributed by atoms with Gasteiger partial charge < -0.3 is 31.7 Å². The van der Waals surface area contributed by atoms with Gasteiger partial charge in [0.1, 0.15) is 13.2 Å². The third-order valence-corrected chi connectivity index (χ3v) is 4.18. The normalized spacial score (nSPS) is 10.9. The van der Waals surface area contributed by atoms with Gasteiger partial charge in [-0.15, -0.1) is 0 Å². The third-order valence-electron chi connectivity index (χ3n) is 4.18. The zero-order chi connectivity index (χ0) is 26.0. The van der Waals surface area contributed by atoms with Gasteiger partial charge in [0.25, 0.3) is 5.56 Å². The van der Waals surface area contributed by atoms with Crippen molar-refractivity contribution in [3.63, 3.8) is 0 Å². The molecule has 0 bridgehead atoms. The fraction of sp³-hybridized carbons (Fsp3) is 0.368. The van der Waals surface area contributed by atoms with Crippen molar-refractivity contribution in [1.29, 1.82) is 0 Å². The minimum Gasteiger partial charge on any atom is -0.399 e. The van der Waals surface area contributed by atoms with E-state index in [4.69, 9.17) is 16.3 Å². The molecule has 0 aliphatic heterocycles. The Labute approximate surface area is 196 Å². The molecule has 0 aromatic carbocycles. The standard InChI is InChI=1S/C19H23F3N8O5/c1-11-15(35-17(33)19(20,21)22)28-14(27-7-5-12-4-2-3-6-25-12)16(32)30(11)10-13(31)26-8-9-34-29-18(23)24/h2-4,6H,5,7-10H2,1H3,(H,26,31)(H,27,28)(H4,23,24,29). The van der Waals surface area contributed by atoms with Crippen molar-refractivity contribution < 1.29 is 32.3 Å². The van der Waals surface area contributed by atoms with E-state index in [9.17, 15) is 27.6 Å². The number of amides is 1. The number of guanidine groups is 1. The molecule has 2 aromatic heterocycles. The van der Waals surface area contributed by atoms with Crippen molar-refractivity contribution in [3.05, 3.63) is 46.1 Å². The molecule has 1 amide bonds. The van der Waals surface area contributed by atoms with E-state index in [1.165, 1.54) is 6.92 Å². The Bertz CT molecular complexity index is 1120. The van der Waals surface area contributed by atoms with E-state index in [-0.39, 0.29) is 31.3 Å². The molecule has 0 radical (unpaired) electrons. The van der Waals surface area contributed by atoms with Crippen molar-refractivity contribution in [2.45, 2.75) is 26.1 Å². The summed E-state index contributed by atoms with van der Waals surface area (Å²) in [6.07, 6.45) is -3.37. The molecule has 13 nitrogen and oxygen atoms in total. The number of nitrogens with two attached hydrogens (primary N) is 2. The predicted octanol–water partition coefficient (Wildman–Crippen LogP) is -0.610. The third kappa shape index (κ3) is 8.49. The second kappa shape index (κ2) is 12.2. The highest BCUT2D eigenvalue weighted by Crippen LogP contribution is 2.21. The molecule has 0 fully saturated rings. The second-order valence-electron chi connectivity index (χ2n) is 6.83. The molecule has 16 heteroatoms. The number of anilines is 1. The molecule has 2 rings (SSSR count). The van der Waals surface area contributed by atoms with Crippen molar-refractivity contribution >= 4 is 23.7 Å². The summed E-state index contributed by atoms with van der Waals surface area (Å²) in [5.74, 6) is -4.74. The zero-order valence-electron chi connectivity index (χ0n) is 18.5. The number of hydrogen-bond donors (Lipinski definition) is 4. The molecular weight excluding hydrogens is 477 g/mol. The molecule has 35 heavy (non-hydrogen) atoms. The fourth-order valence-corrected chi connectivity index (χ4v) is 2.58. The number of pyridine rings is 1. The monoisotopic (exact) mass is 500 g/mol. The number of carbonyl (C=O) groups is 2. The average molecular weight is 500 g/mol. The van der Waals surface area contributed by atoms with Gasteiger partial charge in [0.2, 0.25) is 17.7 Å². The summed E-state index contributed by atoms with van der Waals surface area (Å²) < 4.78 is 43.3. The molecule has 2 heterocycles. The molecule has 0 atom stereocenters. The van der Waals surface area contributed by atoms with Gasteiger partial charge in [0.05, 0.1) is 12.2 Å². The summed E-state index contributed by atoms with van der Waals surface area (Å²) in [5, 5.41) is 8.35. The van der Waals surface area contributed by atoms with E-state index in [1.54, 1.807) is 24.4 Å². The highest BCUT2D eigenvalue weighted by atomic mass is 19.4. The first-order valence-corrected chi connectivity index (χ1v) is 10.0. The van der Waals surface area contributed by atoms with Gasteiger partial charge in [0.15, 0.2) is 5.82 Å². The van der Waals surface area contributed by atoms with Crippen LogP contribution in [0.2, 0.25) is 0 Å². The molecule has 6 N–H and O–H groups in total. The molecule has 190 valence electrons. The minimum atomic E-state index is -5.30. The Morgan fingerprint density at radius 3 is 2.60 bits per heavy atom. The van der Waals surface area contributed by atoms with Crippen LogP contribution in [0, 0.1) is 6.92 Å². The summed E-state index contributed by atoms with van der Waals surface area (Å²) in [5.41, 5.74) is 9.76. The maximum Gasteiger partial charge on any atom is 0.491 e. The summed E-state index contributed by atoms with van der Waals surface area (Å²) in [7, 11) is 0. The maximum atomic E-state index is 12.9. The largest absolute Gasteiger partial charge is 0.491 e. The maximum absolute atomic E-state index is 12.9. The summed E-state index contributed by atoms with van der Waals surface area (Å²) >= 11 is 0. The van der Waals surface area contributed by atoms with Crippen LogP contribution in [-0.2, 0) is 27.4 Å². The predicted molar refractivity (Wildman–Crippen MR) is 116 cm³/mol. The number of ether oxygens (including phenoxy) is 1. The first kappa shape index (κ1) is 26.9. The topological polar surface area (TPSA) is 189 Å². The Morgan fingerprint density at radius 1 is 1.23 bits per heavy atom. The number of nitrogens with one attached hydrogen (secondary N) is 2. The molecule has 0 saturated heterocycles. The van der Waals surface area contributed by atoms with Crippen LogP contribution in [0.3, 0.4) is 0 Å². The lowest BCUT2D eigenvalue weighted by Gasteiger charge is -2.16. The Hall–Kier alpha value is -4.37.